The molecule has 114 valence electrons. The van der Waals surface area contributed by atoms with Gasteiger partial charge in [0.15, 0.2) is 9.84 Å². The van der Waals surface area contributed by atoms with Crippen LogP contribution in [0.5, 0.6) is 0 Å². The molecule has 1 aromatic rings. The lowest BCUT2D eigenvalue weighted by Crippen LogP contribution is -2.49. The van der Waals surface area contributed by atoms with E-state index in [-0.39, 0.29) is 11.4 Å². The second-order valence-corrected chi connectivity index (χ2v) is 8.44. The summed E-state index contributed by atoms with van der Waals surface area (Å²) in [6.45, 7) is 4.36. The Hall–Kier alpha value is -0.500. The summed E-state index contributed by atoms with van der Waals surface area (Å²) in [6.07, 6.45) is 2.99. The molecule has 2 rings (SSSR count). The lowest BCUT2D eigenvalue weighted by Gasteiger charge is -2.34. The molecule has 2 atom stereocenters. The highest BCUT2D eigenvalue weighted by atomic mass is 32.2. The van der Waals surface area contributed by atoms with Crippen LogP contribution in [0, 0.1) is 0 Å². The van der Waals surface area contributed by atoms with Crippen LogP contribution in [0.1, 0.15) is 18.7 Å². The molecule has 0 aromatic carbocycles. The highest BCUT2D eigenvalue weighted by molar-refractivity contribution is 8.00. The Morgan fingerprint density at radius 2 is 2.40 bits per heavy atom. The summed E-state index contributed by atoms with van der Waals surface area (Å²) in [5.74, 6) is 2.57. The van der Waals surface area contributed by atoms with Gasteiger partial charge in [-0.3, -0.25) is 4.90 Å². The third-order valence-electron chi connectivity index (χ3n) is 3.50. The first-order valence-corrected chi connectivity index (χ1v) is 9.87. The molecule has 0 bridgehead atoms. The van der Waals surface area contributed by atoms with Crippen LogP contribution in [-0.4, -0.2) is 56.1 Å². The Labute approximate surface area is 125 Å². The largest absolute Gasteiger partial charge is 0.468 e. The van der Waals surface area contributed by atoms with Crippen molar-refractivity contribution in [2.24, 2.45) is 0 Å². The van der Waals surface area contributed by atoms with Gasteiger partial charge in [-0.1, -0.05) is 0 Å². The van der Waals surface area contributed by atoms with E-state index in [0.29, 0.717) is 5.75 Å². The molecule has 1 aromatic heterocycles. The smallest absolute Gasteiger partial charge is 0.164 e. The molecule has 1 fully saturated rings. The second kappa shape index (κ2) is 6.98. The lowest BCUT2D eigenvalue weighted by molar-refractivity contribution is 0.264. The first-order valence-electron chi connectivity index (χ1n) is 6.76. The third-order valence-corrected chi connectivity index (χ3v) is 6.19. The first-order chi connectivity index (χ1) is 9.48. The van der Waals surface area contributed by atoms with Gasteiger partial charge in [-0.25, -0.2) is 8.42 Å². The average molecular weight is 318 g/mol. The molecule has 1 N–H and O–H groups in total. The fourth-order valence-corrected chi connectivity index (χ4v) is 5.30. The molecule has 1 saturated heterocycles. The van der Waals surface area contributed by atoms with Crippen LogP contribution in [0.3, 0.4) is 0 Å². The van der Waals surface area contributed by atoms with Crippen molar-refractivity contribution in [3.8, 4) is 0 Å². The fraction of sp³-hybridized carbons (Fsp3) is 0.692. The number of hydrogen-bond donors (Lipinski definition) is 1. The lowest BCUT2D eigenvalue weighted by atomic mass is 10.2. The molecular weight excluding hydrogens is 296 g/mol. The molecule has 1 aliphatic heterocycles. The van der Waals surface area contributed by atoms with Gasteiger partial charge in [-0.15, -0.1) is 0 Å². The van der Waals surface area contributed by atoms with E-state index < -0.39 is 9.84 Å². The molecule has 20 heavy (non-hydrogen) atoms. The molecule has 0 saturated carbocycles. The summed E-state index contributed by atoms with van der Waals surface area (Å²) in [4.78, 5) is 2.06. The summed E-state index contributed by atoms with van der Waals surface area (Å²) in [7, 11) is -3.01. The van der Waals surface area contributed by atoms with Gasteiger partial charge in [-0.2, -0.15) is 11.8 Å². The third kappa shape index (κ3) is 4.25. The van der Waals surface area contributed by atoms with Crippen molar-refractivity contribution < 1.29 is 12.8 Å². The Balaban J connectivity index is 1.83. The molecule has 5 nitrogen and oxygen atoms in total. The SMILES string of the molecule is CC(NCCN1CCSCC1S(C)(=O)=O)c1ccco1. The van der Waals surface area contributed by atoms with Gasteiger partial charge in [-0.05, 0) is 19.1 Å². The number of hydrogen-bond acceptors (Lipinski definition) is 6. The van der Waals surface area contributed by atoms with E-state index >= 15 is 0 Å². The van der Waals surface area contributed by atoms with Gasteiger partial charge in [0.2, 0.25) is 0 Å². The van der Waals surface area contributed by atoms with Gasteiger partial charge in [0.25, 0.3) is 0 Å². The van der Waals surface area contributed by atoms with Crippen LogP contribution < -0.4 is 5.32 Å². The summed E-state index contributed by atoms with van der Waals surface area (Å²) in [5, 5.41) is 3.02. The Bertz CT molecular complexity index is 502. The fourth-order valence-electron chi connectivity index (χ4n) is 2.33. The summed E-state index contributed by atoms with van der Waals surface area (Å²) < 4.78 is 28.9. The van der Waals surface area contributed by atoms with Crippen molar-refractivity contribution >= 4 is 21.6 Å². The van der Waals surface area contributed by atoms with Gasteiger partial charge < -0.3 is 9.73 Å². The van der Waals surface area contributed by atoms with E-state index in [4.69, 9.17) is 4.42 Å². The summed E-state index contributed by atoms with van der Waals surface area (Å²) in [6, 6.07) is 3.95. The minimum Gasteiger partial charge on any atom is -0.468 e. The van der Waals surface area contributed by atoms with Crippen LogP contribution in [0.15, 0.2) is 22.8 Å². The van der Waals surface area contributed by atoms with Crippen molar-refractivity contribution in [3.05, 3.63) is 24.2 Å². The first kappa shape index (κ1) is 15.9. The maximum Gasteiger partial charge on any atom is 0.164 e. The predicted molar refractivity (Wildman–Crippen MR) is 82.7 cm³/mol. The molecular formula is C13H22N2O3S2. The molecule has 0 radical (unpaired) electrons. The number of thioether (sulfide) groups is 1. The van der Waals surface area contributed by atoms with E-state index in [1.165, 1.54) is 6.26 Å². The standard InChI is InChI=1S/C13H22N2O3S2/c1-11(12-4-3-8-18-12)14-5-6-15-7-9-19-10-13(15)20(2,16)17/h3-4,8,11,13-14H,5-7,9-10H2,1-2H3. The maximum absolute atomic E-state index is 11.8. The zero-order valence-corrected chi connectivity index (χ0v) is 13.5. The topological polar surface area (TPSA) is 62.6 Å². The van der Waals surface area contributed by atoms with Crippen molar-refractivity contribution in [1.82, 2.24) is 10.2 Å². The highest BCUT2D eigenvalue weighted by Gasteiger charge is 2.30. The zero-order valence-electron chi connectivity index (χ0n) is 11.9. The molecule has 0 amide bonds. The average Bonchev–Trinajstić information content (AvgIpc) is 2.92. The quantitative estimate of drug-likeness (QED) is 0.854. The molecule has 1 aliphatic rings. The van der Waals surface area contributed by atoms with E-state index in [2.05, 4.69) is 10.2 Å². The molecule has 2 unspecified atom stereocenters. The van der Waals surface area contributed by atoms with Gasteiger partial charge >= 0.3 is 0 Å². The number of nitrogens with one attached hydrogen (secondary N) is 1. The highest BCUT2D eigenvalue weighted by Crippen LogP contribution is 2.20. The van der Waals surface area contributed by atoms with Crippen LogP contribution in [-0.2, 0) is 9.84 Å². The van der Waals surface area contributed by atoms with Crippen molar-refractivity contribution in [2.75, 3.05) is 37.4 Å². The van der Waals surface area contributed by atoms with E-state index in [1.54, 1.807) is 18.0 Å². The van der Waals surface area contributed by atoms with Gasteiger partial charge in [0.05, 0.1) is 12.3 Å². The summed E-state index contributed by atoms with van der Waals surface area (Å²) in [5.41, 5.74) is 0. The predicted octanol–water partition coefficient (Wildman–Crippen LogP) is 1.35. The van der Waals surface area contributed by atoms with E-state index in [1.807, 2.05) is 19.1 Å². The van der Waals surface area contributed by atoms with Crippen LogP contribution >= 0.6 is 11.8 Å². The number of sulfone groups is 1. The van der Waals surface area contributed by atoms with Crippen LogP contribution in [0.2, 0.25) is 0 Å². The number of furan rings is 1. The van der Waals surface area contributed by atoms with Gasteiger partial charge in [0, 0.05) is 37.4 Å². The second-order valence-electron chi connectivity index (χ2n) is 5.09. The molecule has 0 spiro atoms. The monoisotopic (exact) mass is 318 g/mol. The normalized spacial score (nSPS) is 22.8. The Kier molecular flexibility index (Phi) is 5.54. The minimum atomic E-state index is -3.01. The van der Waals surface area contributed by atoms with Crippen LogP contribution in [0.25, 0.3) is 0 Å². The number of nitrogens with zero attached hydrogens (tertiary/aromatic N) is 1. The maximum atomic E-state index is 11.8. The molecule has 2 heterocycles. The zero-order chi connectivity index (χ0) is 14.6. The Morgan fingerprint density at radius 3 is 3.05 bits per heavy atom. The van der Waals surface area contributed by atoms with Gasteiger partial charge in [0.1, 0.15) is 11.1 Å². The van der Waals surface area contributed by atoms with Crippen molar-refractivity contribution in [1.29, 1.82) is 0 Å². The molecule has 0 aliphatic carbocycles. The van der Waals surface area contributed by atoms with E-state index in [9.17, 15) is 8.42 Å². The summed E-state index contributed by atoms with van der Waals surface area (Å²) >= 11 is 1.72. The minimum absolute atomic E-state index is 0.140. The number of rotatable bonds is 6. The van der Waals surface area contributed by atoms with Crippen molar-refractivity contribution in [3.63, 3.8) is 0 Å². The van der Waals surface area contributed by atoms with Crippen molar-refractivity contribution in [2.45, 2.75) is 18.3 Å². The van der Waals surface area contributed by atoms with Crippen LogP contribution in [0.4, 0.5) is 0 Å². The Morgan fingerprint density at radius 1 is 1.60 bits per heavy atom. The molecule has 7 heteroatoms. The van der Waals surface area contributed by atoms with E-state index in [0.717, 1.165) is 31.1 Å².